The van der Waals surface area contributed by atoms with Crippen molar-refractivity contribution in [3.8, 4) is 0 Å². The quantitative estimate of drug-likeness (QED) is 0.780. The molecule has 1 heterocycles. The number of likely N-dealkylation sites (tertiary alicyclic amines) is 1. The number of anilines is 2. The number of amides is 1. The van der Waals surface area contributed by atoms with Crippen LogP contribution in [-0.4, -0.2) is 55.5 Å². The van der Waals surface area contributed by atoms with E-state index in [2.05, 4.69) is 15.1 Å². The lowest BCUT2D eigenvalue weighted by atomic mass is 10.1. The van der Waals surface area contributed by atoms with Gasteiger partial charge in [-0.1, -0.05) is 12.1 Å². The lowest BCUT2D eigenvalue weighted by Crippen LogP contribution is -2.36. The molecule has 116 valence electrons. The number of nitrogen functional groups attached to an aromatic ring is 1. The van der Waals surface area contributed by atoms with Gasteiger partial charge in [0.05, 0.1) is 17.9 Å². The topological polar surface area (TPSA) is 61.6 Å². The zero-order valence-corrected chi connectivity index (χ0v) is 13.1. The van der Waals surface area contributed by atoms with Gasteiger partial charge >= 0.3 is 0 Å². The van der Waals surface area contributed by atoms with Crippen molar-refractivity contribution in [1.82, 2.24) is 9.80 Å². The summed E-state index contributed by atoms with van der Waals surface area (Å²) in [6.45, 7) is 6.68. The number of nitrogens with two attached hydrogens (primary N) is 1. The fourth-order valence-electron chi connectivity index (χ4n) is 2.68. The molecule has 1 amide bonds. The third kappa shape index (κ3) is 4.72. The zero-order chi connectivity index (χ0) is 15.2. The van der Waals surface area contributed by atoms with Gasteiger partial charge in [0.15, 0.2) is 0 Å². The van der Waals surface area contributed by atoms with Crippen molar-refractivity contribution in [2.24, 2.45) is 0 Å². The Morgan fingerprint density at radius 3 is 2.76 bits per heavy atom. The van der Waals surface area contributed by atoms with Gasteiger partial charge in [0.2, 0.25) is 5.91 Å². The van der Waals surface area contributed by atoms with Crippen molar-refractivity contribution in [3.05, 3.63) is 23.8 Å². The van der Waals surface area contributed by atoms with E-state index in [-0.39, 0.29) is 5.91 Å². The van der Waals surface area contributed by atoms with Gasteiger partial charge in [0, 0.05) is 13.1 Å². The van der Waals surface area contributed by atoms with Gasteiger partial charge in [-0.05, 0) is 51.5 Å². The maximum atomic E-state index is 12.1. The third-order valence-corrected chi connectivity index (χ3v) is 3.98. The predicted octanol–water partition coefficient (Wildman–Crippen LogP) is 1.54. The summed E-state index contributed by atoms with van der Waals surface area (Å²) >= 11 is 0. The fourth-order valence-corrected chi connectivity index (χ4v) is 2.68. The smallest absolute Gasteiger partial charge is 0.238 e. The van der Waals surface area contributed by atoms with Crippen LogP contribution in [0.3, 0.4) is 0 Å². The van der Waals surface area contributed by atoms with Gasteiger partial charge in [-0.2, -0.15) is 0 Å². The average Bonchev–Trinajstić information content (AvgIpc) is 2.94. The number of likely N-dealkylation sites (N-methyl/N-ethyl adjacent to an activating group) is 1. The van der Waals surface area contributed by atoms with Gasteiger partial charge < -0.3 is 16.0 Å². The lowest BCUT2D eigenvalue weighted by molar-refractivity contribution is -0.117. The number of hydrogen-bond acceptors (Lipinski definition) is 4. The number of benzene rings is 1. The molecule has 1 aromatic carbocycles. The van der Waals surface area contributed by atoms with E-state index in [1.165, 1.54) is 25.9 Å². The Labute approximate surface area is 127 Å². The van der Waals surface area contributed by atoms with E-state index >= 15 is 0 Å². The highest BCUT2D eigenvalue weighted by Crippen LogP contribution is 2.22. The predicted molar refractivity (Wildman–Crippen MR) is 87.4 cm³/mol. The number of para-hydroxylation sites is 1. The second-order valence-electron chi connectivity index (χ2n) is 5.87. The van der Waals surface area contributed by atoms with Crippen LogP contribution in [0, 0.1) is 6.92 Å². The number of rotatable bonds is 6. The van der Waals surface area contributed by atoms with Gasteiger partial charge in [0.25, 0.3) is 0 Å². The Hall–Kier alpha value is -1.59. The Morgan fingerprint density at radius 2 is 2.10 bits per heavy atom. The van der Waals surface area contributed by atoms with Crippen molar-refractivity contribution in [3.63, 3.8) is 0 Å². The molecule has 5 heteroatoms. The molecule has 0 spiro atoms. The molecule has 3 N–H and O–H groups in total. The minimum absolute atomic E-state index is 0.0140. The van der Waals surface area contributed by atoms with Crippen molar-refractivity contribution < 1.29 is 4.79 Å². The summed E-state index contributed by atoms with van der Waals surface area (Å²) in [5.74, 6) is -0.0140. The van der Waals surface area contributed by atoms with E-state index < -0.39 is 0 Å². The van der Waals surface area contributed by atoms with Gasteiger partial charge in [-0.3, -0.25) is 9.69 Å². The molecule has 0 unspecified atom stereocenters. The summed E-state index contributed by atoms with van der Waals surface area (Å²) in [5.41, 5.74) is 8.24. The van der Waals surface area contributed by atoms with Crippen molar-refractivity contribution in [2.45, 2.75) is 19.8 Å². The van der Waals surface area contributed by atoms with E-state index in [1.807, 2.05) is 26.1 Å². The summed E-state index contributed by atoms with van der Waals surface area (Å²) in [6, 6.07) is 5.64. The first-order valence-corrected chi connectivity index (χ1v) is 7.62. The number of carbonyl (C=O) groups excluding carboxylic acids is 1. The van der Waals surface area contributed by atoms with E-state index in [9.17, 15) is 4.79 Å². The summed E-state index contributed by atoms with van der Waals surface area (Å²) in [5, 5.41) is 2.92. The fraction of sp³-hybridized carbons (Fsp3) is 0.562. The molecule has 1 saturated heterocycles. The Kier molecular flexibility index (Phi) is 5.59. The molecule has 1 aliphatic rings. The van der Waals surface area contributed by atoms with Gasteiger partial charge in [0.1, 0.15) is 0 Å². The highest BCUT2D eigenvalue weighted by molar-refractivity contribution is 5.96. The van der Waals surface area contributed by atoms with E-state index in [0.29, 0.717) is 12.2 Å². The molecule has 0 bridgehead atoms. The first-order chi connectivity index (χ1) is 10.1. The summed E-state index contributed by atoms with van der Waals surface area (Å²) in [6.07, 6.45) is 2.60. The Bertz CT molecular complexity index is 463. The van der Waals surface area contributed by atoms with Crippen LogP contribution < -0.4 is 11.1 Å². The molecule has 0 saturated carbocycles. The largest absolute Gasteiger partial charge is 0.397 e. The molecule has 0 aromatic heterocycles. The summed E-state index contributed by atoms with van der Waals surface area (Å²) in [4.78, 5) is 16.6. The number of carbonyl (C=O) groups is 1. The number of nitrogens with zero attached hydrogens (tertiary/aromatic N) is 2. The molecular weight excluding hydrogens is 264 g/mol. The minimum Gasteiger partial charge on any atom is -0.397 e. The average molecular weight is 290 g/mol. The molecule has 0 atom stereocenters. The van der Waals surface area contributed by atoms with Crippen molar-refractivity contribution in [2.75, 3.05) is 50.8 Å². The second-order valence-corrected chi connectivity index (χ2v) is 5.87. The standard InChI is InChI=1S/C16H26N4O/c1-13-6-5-7-14(17)16(13)18-15(21)12-19(2)10-11-20-8-3-4-9-20/h5-7H,3-4,8-12,17H2,1-2H3,(H,18,21). The molecule has 2 rings (SSSR count). The molecule has 1 aromatic rings. The third-order valence-electron chi connectivity index (χ3n) is 3.98. The lowest BCUT2D eigenvalue weighted by Gasteiger charge is -2.21. The van der Waals surface area contributed by atoms with Crippen LogP contribution in [0.5, 0.6) is 0 Å². The SMILES string of the molecule is Cc1cccc(N)c1NC(=O)CN(C)CCN1CCCC1. The highest BCUT2D eigenvalue weighted by atomic mass is 16.2. The van der Waals surface area contributed by atoms with Crippen LogP contribution in [-0.2, 0) is 4.79 Å². The molecule has 0 aliphatic carbocycles. The molecule has 21 heavy (non-hydrogen) atoms. The highest BCUT2D eigenvalue weighted by Gasteiger charge is 2.14. The second kappa shape index (κ2) is 7.43. The molecular formula is C16H26N4O. The summed E-state index contributed by atoms with van der Waals surface area (Å²) < 4.78 is 0. The van der Waals surface area contributed by atoms with Crippen LogP contribution >= 0.6 is 0 Å². The van der Waals surface area contributed by atoms with E-state index in [1.54, 1.807) is 6.07 Å². The summed E-state index contributed by atoms with van der Waals surface area (Å²) in [7, 11) is 1.98. The molecule has 1 fully saturated rings. The van der Waals surface area contributed by atoms with Crippen molar-refractivity contribution >= 4 is 17.3 Å². The number of nitrogens with one attached hydrogen (secondary N) is 1. The van der Waals surface area contributed by atoms with E-state index in [4.69, 9.17) is 5.73 Å². The zero-order valence-electron chi connectivity index (χ0n) is 13.1. The number of aryl methyl sites for hydroxylation is 1. The molecule has 0 radical (unpaired) electrons. The maximum Gasteiger partial charge on any atom is 0.238 e. The number of hydrogen-bond donors (Lipinski definition) is 2. The van der Waals surface area contributed by atoms with Crippen LogP contribution in [0.1, 0.15) is 18.4 Å². The molecule has 1 aliphatic heterocycles. The van der Waals surface area contributed by atoms with Crippen molar-refractivity contribution in [1.29, 1.82) is 0 Å². The van der Waals surface area contributed by atoms with Gasteiger partial charge in [-0.25, -0.2) is 0 Å². The minimum atomic E-state index is -0.0140. The molecule has 5 nitrogen and oxygen atoms in total. The Morgan fingerprint density at radius 1 is 1.38 bits per heavy atom. The monoisotopic (exact) mass is 290 g/mol. The first kappa shape index (κ1) is 15.8. The van der Waals surface area contributed by atoms with E-state index in [0.717, 1.165) is 24.3 Å². The van der Waals surface area contributed by atoms with Gasteiger partial charge in [-0.15, -0.1) is 0 Å². The Balaban J connectivity index is 1.78. The first-order valence-electron chi connectivity index (χ1n) is 7.62. The van der Waals surface area contributed by atoms with Crippen LogP contribution in [0.4, 0.5) is 11.4 Å². The van der Waals surface area contributed by atoms with Crippen LogP contribution in [0.25, 0.3) is 0 Å². The van der Waals surface area contributed by atoms with Crippen LogP contribution in [0.15, 0.2) is 18.2 Å². The maximum absolute atomic E-state index is 12.1. The normalized spacial score (nSPS) is 15.6. The van der Waals surface area contributed by atoms with Crippen LogP contribution in [0.2, 0.25) is 0 Å².